The maximum Gasteiger partial charge on any atom is 0.277 e. The highest BCUT2D eigenvalue weighted by Gasteiger charge is 2.03. The number of hydrogen-bond acceptors (Lipinski definition) is 3. The maximum absolute atomic E-state index is 11.7. The number of amides is 1. The molecule has 0 heterocycles. The molecule has 1 N–H and O–H groups in total. The van der Waals surface area contributed by atoms with Crippen molar-refractivity contribution in [3.63, 3.8) is 0 Å². The summed E-state index contributed by atoms with van der Waals surface area (Å²) in [4.78, 5) is 11.7. The second-order valence-electron chi connectivity index (χ2n) is 4.84. The summed E-state index contributed by atoms with van der Waals surface area (Å²) in [5.41, 5.74) is 5.34. The van der Waals surface area contributed by atoms with Crippen LogP contribution in [-0.2, 0) is 4.79 Å². The topological polar surface area (TPSA) is 50.7 Å². The molecule has 5 heteroatoms. The molecule has 114 valence electrons. The van der Waals surface area contributed by atoms with E-state index in [-0.39, 0.29) is 12.5 Å². The van der Waals surface area contributed by atoms with Gasteiger partial charge < -0.3 is 4.74 Å². The van der Waals surface area contributed by atoms with E-state index in [1.54, 1.807) is 24.3 Å². The lowest BCUT2D eigenvalue weighted by molar-refractivity contribution is -0.123. The van der Waals surface area contributed by atoms with Crippen molar-refractivity contribution in [3.05, 3.63) is 64.7 Å². The van der Waals surface area contributed by atoms with Gasteiger partial charge in [-0.05, 0) is 37.6 Å². The van der Waals surface area contributed by atoms with Crippen LogP contribution in [0.1, 0.15) is 18.1 Å². The Kier molecular flexibility index (Phi) is 5.55. The van der Waals surface area contributed by atoms with E-state index in [9.17, 15) is 4.79 Å². The quantitative estimate of drug-likeness (QED) is 0.677. The average molecular weight is 317 g/mol. The molecule has 0 aliphatic rings. The molecule has 2 aromatic carbocycles. The first-order valence-corrected chi connectivity index (χ1v) is 7.21. The minimum absolute atomic E-state index is 0.120. The van der Waals surface area contributed by atoms with E-state index in [0.29, 0.717) is 10.8 Å². The van der Waals surface area contributed by atoms with Crippen molar-refractivity contribution in [2.24, 2.45) is 5.10 Å². The minimum Gasteiger partial charge on any atom is -0.484 e. The SMILES string of the molecule is CC(=NNC(=O)COc1cccc(Cl)c1)c1ccc(C)cc1. The number of nitrogens with zero attached hydrogens (tertiary/aromatic N) is 1. The smallest absolute Gasteiger partial charge is 0.277 e. The van der Waals surface area contributed by atoms with Crippen LogP contribution >= 0.6 is 11.6 Å². The van der Waals surface area contributed by atoms with E-state index in [4.69, 9.17) is 16.3 Å². The Morgan fingerprint density at radius 3 is 2.64 bits per heavy atom. The number of halogens is 1. The Morgan fingerprint density at radius 1 is 1.23 bits per heavy atom. The Bertz CT molecular complexity index is 681. The number of carbonyl (C=O) groups excluding carboxylic acids is 1. The van der Waals surface area contributed by atoms with E-state index in [1.807, 2.05) is 38.1 Å². The molecule has 0 aromatic heterocycles. The molecule has 0 aliphatic carbocycles. The molecule has 0 saturated heterocycles. The minimum atomic E-state index is -0.327. The van der Waals surface area contributed by atoms with Gasteiger partial charge in [0.15, 0.2) is 6.61 Å². The van der Waals surface area contributed by atoms with Gasteiger partial charge in [0, 0.05) is 5.02 Å². The van der Waals surface area contributed by atoms with Crippen molar-refractivity contribution < 1.29 is 9.53 Å². The molecule has 0 spiro atoms. The van der Waals surface area contributed by atoms with Gasteiger partial charge in [-0.25, -0.2) is 5.43 Å². The van der Waals surface area contributed by atoms with Crippen LogP contribution in [0.4, 0.5) is 0 Å². The summed E-state index contributed by atoms with van der Waals surface area (Å²) in [6.45, 7) is 3.74. The third-order valence-electron chi connectivity index (χ3n) is 2.98. The second kappa shape index (κ2) is 7.61. The molecule has 0 radical (unpaired) electrons. The van der Waals surface area contributed by atoms with Crippen molar-refractivity contribution >= 4 is 23.2 Å². The van der Waals surface area contributed by atoms with Crippen molar-refractivity contribution in [2.75, 3.05) is 6.61 Å². The van der Waals surface area contributed by atoms with Gasteiger partial charge in [0.2, 0.25) is 0 Å². The van der Waals surface area contributed by atoms with Crippen molar-refractivity contribution in [3.8, 4) is 5.75 Å². The summed E-state index contributed by atoms with van der Waals surface area (Å²) in [6, 6.07) is 14.8. The highest BCUT2D eigenvalue weighted by Crippen LogP contribution is 2.16. The van der Waals surface area contributed by atoms with Gasteiger partial charge in [-0.1, -0.05) is 47.5 Å². The van der Waals surface area contributed by atoms with E-state index in [2.05, 4.69) is 10.5 Å². The number of benzene rings is 2. The van der Waals surface area contributed by atoms with Crippen molar-refractivity contribution in [2.45, 2.75) is 13.8 Å². The fraction of sp³-hybridized carbons (Fsp3) is 0.176. The summed E-state index contributed by atoms with van der Waals surface area (Å²) in [5.74, 6) is 0.216. The summed E-state index contributed by atoms with van der Waals surface area (Å²) < 4.78 is 5.34. The number of hydrazone groups is 1. The van der Waals surface area contributed by atoms with Gasteiger partial charge in [-0.15, -0.1) is 0 Å². The molecule has 0 atom stereocenters. The predicted octanol–water partition coefficient (Wildman–Crippen LogP) is 3.57. The molecule has 4 nitrogen and oxygen atoms in total. The molecule has 22 heavy (non-hydrogen) atoms. The Morgan fingerprint density at radius 2 is 1.95 bits per heavy atom. The fourth-order valence-electron chi connectivity index (χ4n) is 1.74. The number of carbonyl (C=O) groups is 1. The summed E-state index contributed by atoms with van der Waals surface area (Å²) in [6.07, 6.45) is 0. The van der Waals surface area contributed by atoms with Crippen LogP contribution in [-0.4, -0.2) is 18.2 Å². The predicted molar refractivity (Wildman–Crippen MR) is 88.5 cm³/mol. The molecule has 2 rings (SSSR count). The fourth-order valence-corrected chi connectivity index (χ4v) is 1.92. The van der Waals surface area contributed by atoms with Gasteiger partial charge in [0.25, 0.3) is 5.91 Å². The standard InChI is InChI=1S/C17H17ClN2O2/c1-12-6-8-14(9-7-12)13(2)19-20-17(21)11-22-16-5-3-4-15(18)10-16/h3-10H,11H2,1-2H3,(H,20,21). The zero-order valence-corrected chi connectivity index (χ0v) is 13.2. The van der Waals surface area contributed by atoms with E-state index in [0.717, 1.165) is 11.3 Å². The zero-order chi connectivity index (χ0) is 15.9. The Hall–Kier alpha value is -2.33. The third-order valence-corrected chi connectivity index (χ3v) is 3.22. The first-order valence-electron chi connectivity index (χ1n) is 6.83. The third kappa shape index (κ3) is 4.90. The maximum atomic E-state index is 11.7. The molecule has 0 bridgehead atoms. The van der Waals surface area contributed by atoms with Crippen molar-refractivity contribution in [1.29, 1.82) is 0 Å². The lowest BCUT2D eigenvalue weighted by Crippen LogP contribution is -2.25. The van der Waals surface area contributed by atoms with Gasteiger partial charge in [0.05, 0.1) is 5.71 Å². The first kappa shape index (κ1) is 16.0. The molecule has 2 aromatic rings. The second-order valence-corrected chi connectivity index (χ2v) is 5.28. The Balaban J connectivity index is 1.86. The number of aryl methyl sites for hydroxylation is 1. The number of nitrogens with one attached hydrogen (secondary N) is 1. The molecule has 0 unspecified atom stereocenters. The zero-order valence-electron chi connectivity index (χ0n) is 12.5. The average Bonchev–Trinajstić information content (AvgIpc) is 2.51. The van der Waals surface area contributed by atoms with Crippen LogP contribution < -0.4 is 10.2 Å². The molecular formula is C17H17ClN2O2. The number of hydrogen-bond donors (Lipinski definition) is 1. The van der Waals surface area contributed by atoms with Gasteiger partial charge >= 0.3 is 0 Å². The summed E-state index contributed by atoms with van der Waals surface area (Å²) in [5, 5.41) is 4.63. The van der Waals surface area contributed by atoms with Gasteiger partial charge in [-0.2, -0.15) is 5.10 Å². The normalized spacial score (nSPS) is 11.1. The van der Waals surface area contributed by atoms with Gasteiger partial charge in [0.1, 0.15) is 5.75 Å². The highest BCUT2D eigenvalue weighted by molar-refractivity contribution is 6.30. The first-order chi connectivity index (χ1) is 10.5. The van der Waals surface area contributed by atoms with Crippen LogP contribution in [0.5, 0.6) is 5.75 Å². The molecule has 0 aliphatic heterocycles. The van der Waals surface area contributed by atoms with Crippen LogP contribution in [0.3, 0.4) is 0 Å². The van der Waals surface area contributed by atoms with E-state index in [1.165, 1.54) is 5.56 Å². The van der Waals surface area contributed by atoms with E-state index >= 15 is 0 Å². The summed E-state index contributed by atoms with van der Waals surface area (Å²) in [7, 11) is 0. The molecule has 0 fully saturated rings. The Labute approximate surface area is 134 Å². The molecular weight excluding hydrogens is 300 g/mol. The van der Waals surface area contributed by atoms with Crippen LogP contribution in [0.2, 0.25) is 5.02 Å². The lowest BCUT2D eigenvalue weighted by Gasteiger charge is -2.06. The van der Waals surface area contributed by atoms with Crippen LogP contribution in [0.15, 0.2) is 53.6 Å². The molecule has 1 amide bonds. The lowest BCUT2D eigenvalue weighted by atomic mass is 10.1. The van der Waals surface area contributed by atoms with E-state index < -0.39 is 0 Å². The highest BCUT2D eigenvalue weighted by atomic mass is 35.5. The number of ether oxygens (including phenoxy) is 1. The monoisotopic (exact) mass is 316 g/mol. The number of rotatable bonds is 5. The van der Waals surface area contributed by atoms with Crippen LogP contribution in [0, 0.1) is 6.92 Å². The molecule has 0 saturated carbocycles. The largest absolute Gasteiger partial charge is 0.484 e. The summed E-state index contributed by atoms with van der Waals surface area (Å²) >= 11 is 5.84. The van der Waals surface area contributed by atoms with Crippen LogP contribution in [0.25, 0.3) is 0 Å². The van der Waals surface area contributed by atoms with Crippen molar-refractivity contribution in [1.82, 2.24) is 5.43 Å². The van der Waals surface area contributed by atoms with Gasteiger partial charge in [-0.3, -0.25) is 4.79 Å².